The number of ether oxygens (including phenoxy) is 1. The molecule has 1 saturated heterocycles. The van der Waals surface area contributed by atoms with Crippen molar-refractivity contribution in [2.45, 2.75) is 176 Å². The molecule has 40 heteroatoms. The Hall–Kier alpha value is -12.3. The molecule has 12 atom stereocenters. The number of thioether (sulfide) groups is 1. The molecule has 27 N–H and O–H groups in total. The molecule has 0 radical (unpaired) electrons. The van der Waals surface area contributed by atoms with Gasteiger partial charge in [0.25, 0.3) is 0 Å². The minimum absolute atomic E-state index is 0.0742. The van der Waals surface area contributed by atoms with Crippen LogP contribution in [-0.2, 0) is 101 Å². The van der Waals surface area contributed by atoms with Gasteiger partial charge >= 0.3 is 5.97 Å². The molecule has 39 nitrogen and oxygen atoms in total. The van der Waals surface area contributed by atoms with Crippen LogP contribution in [0.1, 0.15) is 102 Å². The number of hydrogen-bond donors (Lipinski definition) is 21. The molecule has 16 amide bonds. The third-order valence-corrected chi connectivity index (χ3v) is 19.5. The summed E-state index contributed by atoms with van der Waals surface area (Å²) in [5.74, 6) is -19.0. The molecule has 6 rings (SSSR count). The third kappa shape index (κ3) is 29.6. The van der Waals surface area contributed by atoms with E-state index in [1.165, 1.54) is 6.92 Å². The molecule has 1 aliphatic rings. The Morgan fingerprint density at radius 2 is 1.19 bits per heavy atom. The second-order valence-electron chi connectivity index (χ2n) is 27.8. The summed E-state index contributed by atoms with van der Waals surface area (Å²) >= 11 is 0.910. The molecule has 0 unspecified atom stereocenters. The van der Waals surface area contributed by atoms with Gasteiger partial charge in [0, 0.05) is 68.4 Å². The summed E-state index contributed by atoms with van der Waals surface area (Å²) in [5.41, 5.74) is 32.9. The van der Waals surface area contributed by atoms with E-state index in [0.717, 1.165) is 31.0 Å². The van der Waals surface area contributed by atoms with Crippen molar-refractivity contribution in [3.8, 4) is 5.75 Å². The molecule has 0 aliphatic carbocycles. The highest BCUT2D eigenvalue weighted by Crippen LogP contribution is 2.23. The number of carboxylic acid groups (broad SMARTS) is 1. The molecular formula is C75H101N19O20S. The maximum absolute atomic E-state index is 15.6. The van der Waals surface area contributed by atoms with E-state index >= 15 is 19.2 Å². The van der Waals surface area contributed by atoms with E-state index in [2.05, 4.69) is 68.8 Å². The fourth-order valence-corrected chi connectivity index (χ4v) is 13.3. The van der Waals surface area contributed by atoms with Crippen LogP contribution in [0, 0.1) is 0 Å². The molecule has 0 bridgehead atoms. The van der Waals surface area contributed by atoms with Crippen molar-refractivity contribution in [3.63, 3.8) is 0 Å². The summed E-state index contributed by atoms with van der Waals surface area (Å²) in [5, 5.41) is 53.0. The number of benzene rings is 4. The number of carbonyl (C=O) groups is 17. The van der Waals surface area contributed by atoms with Gasteiger partial charge in [-0.1, -0.05) is 72.8 Å². The standard InChI is InChI=1S/C75H101N19O20S/c1-39(95)63-73(112)90-54(33-45-36-82-48-13-7-6-12-47(45)48)69(108)86-49(20-22-58(78)97)65(104)91-57(38-115-29-24-51(84-40(2)96)66(105)85-50(67(106)93-63)21-23-59(79)98)71(110)87-52(31-41-15-18-46(19-16-41)114-28-27-77)68(107)88-53(32-42-14-17-43-10-4-5-11-44(43)30-42)72(111)94-75(3,25-8-9-26-76)74(113)92-56(35-62(101)102)70(109)89-55(34-60(80)99)64(103)83-37-61(81)100/h4-7,10-19,30,36,39,49-57,63,82,95H,8-9,20-29,31-35,37-38,76-77H2,1-3H3,(H2,78,97)(H2,79,98)(H2,80,99)(H2,81,100)(H,83,103)(H,84,96)(H,85,105)(H,86,108)(H,87,110)(H,88,107)(H,89,109)(H,90,112)(H,91,104)(H,92,113)(H,93,106)(H,94,111)(H,101,102)/t39-,49+,50+,51+,52+,53+,54+,55+,56+,57+,63+,75+/m1/s1. The van der Waals surface area contributed by atoms with E-state index in [9.17, 15) is 72.5 Å². The van der Waals surface area contributed by atoms with E-state index in [1.54, 1.807) is 91.1 Å². The summed E-state index contributed by atoms with van der Waals surface area (Å²) in [6, 6.07) is 7.65. The summed E-state index contributed by atoms with van der Waals surface area (Å²) < 4.78 is 5.70. The summed E-state index contributed by atoms with van der Waals surface area (Å²) in [4.78, 5) is 238. The largest absolute Gasteiger partial charge is 0.492 e. The van der Waals surface area contributed by atoms with Crippen LogP contribution in [0.25, 0.3) is 21.7 Å². The first-order chi connectivity index (χ1) is 54.6. The van der Waals surface area contributed by atoms with Gasteiger partial charge in [-0.25, -0.2) is 0 Å². The van der Waals surface area contributed by atoms with Gasteiger partial charge in [-0.3, -0.25) is 81.5 Å². The lowest BCUT2D eigenvalue weighted by Crippen LogP contribution is -2.65. The van der Waals surface area contributed by atoms with Crippen molar-refractivity contribution in [2.24, 2.45) is 34.4 Å². The lowest BCUT2D eigenvalue weighted by atomic mass is 9.91. The minimum Gasteiger partial charge on any atom is -0.492 e. The number of fused-ring (bicyclic) bond motifs is 2. The van der Waals surface area contributed by atoms with Gasteiger partial charge in [0.2, 0.25) is 94.5 Å². The first-order valence-electron chi connectivity index (χ1n) is 36.9. The number of aromatic amines is 1. The number of unbranched alkanes of at least 4 members (excludes halogenated alkanes) is 1. The number of rotatable bonds is 38. The van der Waals surface area contributed by atoms with Crippen LogP contribution in [0.4, 0.5) is 0 Å². The molecule has 2 heterocycles. The Bertz CT molecular complexity index is 4350. The van der Waals surface area contributed by atoms with Crippen LogP contribution >= 0.6 is 11.8 Å². The number of aliphatic carboxylic acids is 1. The Kier molecular flexibility index (Phi) is 35.7. The zero-order valence-corrected chi connectivity index (χ0v) is 64.5. The summed E-state index contributed by atoms with van der Waals surface area (Å²) in [7, 11) is 0. The molecular weight excluding hydrogens is 1520 g/mol. The van der Waals surface area contributed by atoms with E-state index in [-0.39, 0.29) is 64.0 Å². The van der Waals surface area contributed by atoms with Crippen molar-refractivity contribution in [2.75, 3.05) is 37.7 Å². The monoisotopic (exact) mass is 1620 g/mol. The van der Waals surface area contributed by atoms with Crippen molar-refractivity contribution < 1.29 is 96.5 Å². The van der Waals surface area contributed by atoms with E-state index < -0.39 is 230 Å². The van der Waals surface area contributed by atoms with Crippen LogP contribution in [0.15, 0.2) is 97.2 Å². The SMILES string of the molecule is CC(=O)N[C@H]1CCSC[C@@H](C(=O)N[C@@H](Cc2ccc(OCCN)cc2)C(=O)N[C@@H](Cc2ccc3ccccc3c2)C(=O)N[C@@](C)(CCCCN)C(=O)N[C@@H](CC(=O)O)C(=O)N[C@@H](CC(N)=O)C(=O)NCC(N)=O)NC(=O)[C@H](CCC(N)=O)NC(=O)[C@H](Cc2c[nH]c3ccccc23)NC(=O)[C@H]([C@@H](C)O)NC(=O)[C@H](CCC(N)=O)NC1=O. The zero-order valence-electron chi connectivity index (χ0n) is 63.6. The van der Waals surface area contributed by atoms with Crippen LogP contribution in [0.2, 0.25) is 0 Å². The molecule has 4 aromatic carbocycles. The van der Waals surface area contributed by atoms with Crippen molar-refractivity contribution >= 4 is 134 Å². The summed E-state index contributed by atoms with van der Waals surface area (Å²) in [6.07, 6.45) is -5.60. The highest BCUT2D eigenvalue weighted by Gasteiger charge is 2.42. The number of para-hydroxylation sites is 1. The Labute approximate surface area is 664 Å². The molecule has 0 saturated carbocycles. The smallest absolute Gasteiger partial charge is 0.305 e. The van der Waals surface area contributed by atoms with E-state index in [4.69, 9.17) is 39.1 Å². The summed E-state index contributed by atoms with van der Waals surface area (Å²) in [6.45, 7) is 3.04. The highest BCUT2D eigenvalue weighted by atomic mass is 32.2. The molecule has 0 spiro atoms. The van der Waals surface area contributed by atoms with Crippen LogP contribution < -0.4 is 103 Å². The lowest BCUT2D eigenvalue weighted by Gasteiger charge is -2.33. The van der Waals surface area contributed by atoms with Gasteiger partial charge in [-0.15, -0.1) is 0 Å². The van der Waals surface area contributed by atoms with Crippen LogP contribution in [0.3, 0.4) is 0 Å². The maximum atomic E-state index is 15.6. The number of H-pyrrole nitrogens is 1. The first kappa shape index (κ1) is 91.6. The average Bonchev–Trinajstić information content (AvgIpc) is 1.41. The topological polar surface area (TPSA) is 656 Å². The van der Waals surface area contributed by atoms with Gasteiger partial charge in [0.15, 0.2) is 0 Å². The van der Waals surface area contributed by atoms with Gasteiger partial charge in [-0.05, 0) is 110 Å². The number of nitrogens with one attached hydrogen (secondary N) is 13. The number of aliphatic hydroxyl groups excluding tert-OH is 1. The van der Waals surface area contributed by atoms with E-state index in [1.807, 2.05) is 6.07 Å². The Balaban J connectivity index is 1.46. The number of aliphatic hydroxyl groups is 1. The second kappa shape index (κ2) is 44.8. The van der Waals surface area contributed by atoms with Gasteiger partial charge in [-0.2, -0.15) is 11.8 Å². The first-order valence-corrected chi connectivity index (χ1v) is 38.1. The highest BCUT2D eigenvalue weighted by molar-refractivity contribution is 7.99. The quantitative estimate of drug-likeness (QED) is 0.0164. The van der Waals surface area contributed by atoms with E-state index in [0.29, 0.717) is 38.7 Å². The fourth-order valence-electron chi connectivity index (χ4n) is 12.3. The number of carbonyl (C=O) groups excluding carboxylic acids is 16. The number of nitrogens with two attached hydrogens (primary N) is 6. The molecule has 622 valence electrons. The van der Waals surface area contributed by atoms with Crippen molar-refractivity contribution in [1.82, 2.24) is 68.8 Å². The lowest BCUT2D eigenvalue weighted by molar-refractivity contribution is -0.142. The van der Waals surface area contributed by atoms with Gasteiger partial charge < -0.3 is 118 Å². The number of carboxylic acids is 1. The zero-order chi connectivity index (χ0) is 84.6. The van der Waals surface area contributed by atoms with Crippen molar-refractivity contribution in [1.29, 1.82) is 0 Å². The molecule has 1 aliphatic heterocycles. The van der Waals surface area contributed by atoms with Gasteiger partial charge in [0.1, 0.15) is 78.3 Å². The normalized spacial score (nSPS) is 19.0. The van der Waals surface area contributed by atoms with Gasteiger partial charge in [0.05, 0.1) is 25.5 Å². The molecule has 1 aromatic heterocycles. The molecule has 1 fully saturated rings. The van der Waals surface area contributed by atoms with Crippen LogP contribution in [0.5, 0.6) is 5.75 Å². The fraction of sp³-hybridized carbons (Fsp3) is 0.453. The molecule has 5 aromatic rings. The number of amides is 16. The maximum Gasteiger partial charge on any atom is 0.305 e. The minimum atomic E-state index is -2.14. The van der Waals surface area contributed by atoms with Crippen molar-refractivity contribution in [3.05, 3.63) is 114 Å². The number of aromatic nitrogens is 1. The average molecular weight is 1620 g/mol. The van der Waals surface area contributed by atoms with Crippen LogP contribution in [-0.4, -0.2) is 225 Å². The Morgan fingerprint density at radius 1 is 0.609 bits per heavy atom. The number of primary amides is 4. The Morgan fingerprint density at radius 3 is 1.82 bits per heavy atom. The number of hydrogen-bond acceptors (Lipinski definition) is 22. The molecule has 115 heavy (non-hydrogen) atoms. The predicted octanol–water partition coefficient (Wildman–Crippen LogP) is -5.44. The second-order valence-corrected chi connectivity index (χ2v) is 28.9. The third-order valence-electron chi connectivity index (χ3n) is 18.4. The predicted molar refractivity (Wildman–Crippen MR) is 418 cm³/mol.